The molecule has 3 aliphatic heterocycles. The van der Waals surface area contributed by atoms with Gasteiger partial charge in [-0.1, -0.05) is 70.6 Å². The summed E-state index contributed by atoms with van der Waals surface area (Å²) in [6, 6.07) is 8.46. The summed E-state index contributed by atoms with van der Waals surface area (Å²) in [6.07, 6.45) is 9.61. The number of hydrogen-bond donors (Lipinski definition) is 12. The third-order valence-corrected chi connectivity index (χ3v) is 23.2. The van der Waals surface area contributed by atoms with Crippen molar-refractivity contribution in [3.63, 3.8) is 0 Å². The van der Waals surface area contributed by atoms with Gasteiger partial charge in [-0.05, 0) is 106 Å². The highest BCUT2D eigenvalue weighted by atomic mass is 32.2. The molecule has 3 aromatic carbocycles. The molecule has 0 saturated heterocycles. The number of amides is 4. The van der Waals surface area contributed by atoms with Crippen LogP contribution in [0.2, 0.25) is 0 Å². The monoisotopic (exact) mass is 1590 g/mol. The zero-order valence-electron chi connectivity index (χ0n) is 55.9. The summed E-state index contributed by atoms with van der Waals surface area (Å²) < 4.78 is 240. The van der Waals surface area contributed by atoms with Gasteiger partial charge >= 0.3 is 5.97 Å². The first-order valence-corrected chi connectivity index (χ1v) is 42.7. The van der Waals surface area contributed by atoms with E-state index in [1.165, 1.54) is 42.5 Å². The zero-order chi connectivity index (χ0) is 77.3. The van der Waals surface area contributed by atoms with Crippen LogP contribution in [0.4, 0.5) is 11.4 Å². The second-order valence-electron chi connectivity index (χ2n) is 26.0. The highest BCUT2D eigenvalue weighted by Gasteiger charge is 2.47. The Labute approximate surface area is 599 Å². The van der Waals surface area contributed by atoms with E-state index >= 15 is 0 Å². The number of aromatic nitrogens is 1. The molecule has 3 atom stereocenters. The second-order valence-corrected chi connectivity index (χ2v) is 36.7. The molecular weight excluding hydrogens is 1510 g/mol. The smallest absolute Gasteiger partial charge is 0.303 e. The molecule has 12 N–H and O–H groups in total. The van der Waals surface area contributed by atoms with Crippen molar-refractivity contribution in [2.45, 2.75) is 111 Å². The summed E-state index contributed by atoms with van der Waals surface area (Å²) in [5.74, 6) is -11.5. The molecule has 4 aromatic rings. The lowest BCUT2D eigenvalue weighted by molar-refractivity contribution is -0.137. The number of aliphatic carboxylic acids is 1. The molecular formula is C62H76N8O27S7. The van der Waals surface area contributed by atoms with E-state index in [0.717, 1.165) is 0 Å². The molecule has 104 heavy (non-hydrogen) atoms. The van der Waals surface area contributed by atoms with Crippen LogP contribution in [0.1, 0.15) is 128 Å². The molecule has 568 valence electrons. The highest BCUT2D eigenvalue weighted by molar-refractivity contribution is 7.87. The Balaban J connectivity index is 1.25. The Morgan fingerprint density at radius 3 is 1.61 bits per heavy atom. The van der Waals surface area contributed by atoms with Gasteiger partial charge in [0.05, 0.1) is 34.8 Å². The number of hydrogen-bond acceptors (Lipinski definition) is 23. The van der Waals surface area contributed by atoms with Gasteiger partial charge in [-0.15, -0.1) is 0 Å². The maximum absolute atomic E-state index is 13.8. The molecule has 42 heteroatoms. The molecule has 0 spiro atoms. The van der Waals surface area contributed by atoms with Gasteiger partial charge in [-0.2, -0.15) is 58.9 Å². The molecule has 0 bridgehead atoms. The Kier molecular flexibility index (Phi) is 24.5. The topological polar surface area (TPSA) is 566 Å². The molecule has 3 unspecified atom stereocenters. The van der Waals surface area contributed by atoms with Crippen LogP contribution < -0.4 is 41.5 Å². The fourth-order valence-electron chi connectivity index (χ4n) is 13.2. The number of carboxylic acids is 1. The molecule has 4 amide bonds. The van der Waals surface area contributed by atoms with E-state index in [4.69, 9.17) is 0 Å². The van der Waals surface area contributed by atoms with Crippen LogP contribution in [0.5, 0.6) is 0 Å². The highest BCUT2D eigenvalue weighted by Crippen LogP contribution is 2.53. The molecule has 1 aliphatic carbocycles. The van der Waals surface area contributed by atoms with Crippen molar-refractivity contribution >= 4 is 140 Å². The molecule has 0 saturated carbocycles. The average molecular weight is 1590 g/mol. The summed E-state index contributed by atoms with van der Waals surface area (Å²) in [4.78, 5) is 76.0. The maximum atomic E-state index is 13.8. The van der Waals surface area contributed by atoms with Crippen molar-refractivity contribution in [3.05, 3.63) is 122 Å². The largest absolute Gasteiger partial charge is 0.481 e. The van der Waals surface area contributed by atoms with Crippen molar-refractivity contribution in [3.8, 4) is 0 Å². The first kappa shape index (κ1) is 81.7. The van der Waals surface area contributed by atoms with Crippen LogP contribution >= 0.6 is 0 Å². The third-order valence-electron chi connectivity index (χ3n) is 17.7. The van der Waals surface area contributed by atoms with Gasteiger partial charge < -0.3 is 36.2 Å². The molecule has 1 aromatic heterocycles. The molecule has 35 nitrogen and oxygen atoms in total. The van der Waals surface area contributed by atoms with Gasteiger partial charge in [0.1, 0.15) is 32.6 Å². The number of carbonyl (C=O) groups excluding carboxylic acids is 4. The van der Waals surface area contributed by atoms with Gasteiger partial charge in [0, 0.05) is 97.2 Å². The maximum Gasteiger partial charge on any atom is 0.303 e. The van der Waals surface area contributed by atoms with Crippen LogP contribution in [0.3, 0.4) is 0 Å². The molecule has 8 rings (SSSR count). The number of carboxylic acid groups (broad SMARTS) is 1. The number of fused-ring (bicyclic) bond motifs is 6. The first-order chi connectivity index (χ1) is 47.9. The van der Waals surface area contributed by atoms with Gasteiger partial charge in [-0.25, -0.2) is 9.98 Å². The molecule has 4 aliphatic rings. The van der Waals surface area contributed by atoms with E-state index in [-0.39, 0.29) is 94.6 Å². The number of nitrogens with zero attached hydrogens (tertiary/aromatic N) is 4. The van der Waals surface area contributed by atoms with E-state index in [9.17, 15) is 120 Å². The fourth-order valence-corrected chi connectivity index (χ4v) is 16.5. The van der Waals surface area contributed by atoms with Crippen LogP contribution in [0.25, 0.3) is 22.9 Å². The standard InChI is InChI=1S/C62H76N8O27S7/c1-61(2)52(69(21-7-5-6-12-54(71)72)48-34-50(103(92,93)94)42-28-36(13-15-40(42)55(48)61)38-30-44(57(73)63-17-24-99(80,81)82)67-45(31-38)58(74)64-18-25-100(83,84)85)10-8-11-53-62(3,4)56-41-16-14-37(29-43(41)51(104(95,96)97)35-49(56)70(53)22-9-23-98(77,78)79)39-32-46(59(75)65-19-26-101(86,87)88)68-47(33-39)60(76)66-20-27-102(89,90)91/h8,10-11,13,15-16,28-30,32-35,37-38,53H,5-7,9,12,14,17-27,31H2,1-4H3,(H,63,73)(H,64,74)(H,65,75)(H,66,76)(H,71,72)(H,77,78,79)(H,80,81,82)(H,83,84,85)(H,86,87,88)(H,89,90,91)(H,92,93,94)(H,95,96,97). The number of pyridine rings is 1. The summed E-state index contributed by atoms with van der Waals surface area (Å²) in [5.41, 5.74) is -1.76. The van der Waals surface area contributed by atoms with Gasteiger partial charge in [0.25, 0.3) is 94.5 Å². The van der Waals surface area contributed by atoms with Crippen molar-refractivity contribution in [1.29, 1.82) is 0 Å². The van der Waals surface area contributed by atoms with Gasteiger partial charge in [0.15, 0.2) is 0 Å². The fraction of sp³-hybridized carbons (Fsp3) is 0.435. The number of nitrogens with one attached hydrogen (secondary N) is 4. The number of carbonyl (C=O) groups is 5. The van der Waals surface area contributed by atoms with E-state index in [1.54, 1.807) is 60.1 Å². The van der Waals surface area contributed by atoms with E-state index < -0.39 is 211 Å². The number of unbranched alkanes of at least 4 members (excludes halogenated alkanes) is 2. The lowest BCUT2D eigenvalue weighted by Crippen LogP contribution is -2.43. The SMILES string of the molecule is CC1(C)C(=CC=CC2N(CCCS(=O)(=O)O)c3cc(S(=O)(=O)O)c4c(c3C2(C)C)=CCC(c2cc(C(=O)NCCS(=O)(=O)O)nc(C(=O)NCCS(=O)(=O)O)c2)C=4)N(CCCCCC(=O)O)c2cc(S(=O)(=O)O)c3cc(C4C=C(C(=O)NCCS(=O)(=O)O)N=C(C(=O)NCCS(=O)(=O)O)C4)ccc3c21. The Hall–Kier alpha value is -7.98. The van der Waals surface area contributed by atoms with Crippen LogP contribution in [-0.2, 0) is 96.0 Å². The minimum Gasteiger partial charge on any atom is -0.481 e. The lowest BCUT2D eigenvalue weighted by Gasteiger charge is -2.32. The quantitative estimate of drug-likeness (QED) is 0.0241. The number of rotatable bonds is 32. The first-order valence-electron chi connectivity index (χ1n) is 31.7. The summed E-state index contributed by atoms with van der Waals surface area (Å²) in [5, 5.41) is 19.0. The van der Waals surface area contributed by atoms with Crippen LogP contribution in [0.15, 0.2) is 92.9 Å². The van der Waals surface area contributed by atoms with Crippen molar-refractivity contribution in [1.82, 2.24) is 26.3 Å². The number of allylic oxidation sites excluding steroid dienone is 4. The molecule has 4 heterocycles. The summed E-state index contributed by atoms with van der Waals surface area (Å²) in [6.45, 7) is 4.72. The van der Waals surface area contributed by atoms with E-state index in [0.29, 0.717) is 29.7 Å². The van der Waals surface area contributed by atoms with Crippen LogP contribution in [0, 0.1) is 0 Å². The predicted octanol–water partition coefficient (Wildman–Crippen LogP) is 1.16. The molecule has 0 radical (unpaired) electrons. The number of benzene rings is 3. The normalized spacial score (nSPS) is 18.6. The zero-order valence-corrected chi connectivity index (χ0v) is 61.7. The Morgan fingerprint density at radius 1 is 0.548 bits per heavy atom. The van der Waals surface area contributed by atoms with Crippen LogP contribution in [-0.4, -0.2) is 210 Å². The number of aliphatic imine (C=N–C) groups is 1. The van der Waals surface area contributed by atoms with Crippen molar-refractivity contribution in [2.24, 2.45) is 4.99 Å². The van der Waals surface area contributed by atoms with E-state index in [2.05, 4.69) is 31.2 Å². The second kappa shape index (κ2) is 31.2. The lowest BCUT2D eigenvalue weighted by atomic mass is 9.77. The van der Waals surface area contributed by atoms with Gasteiger partial charge in [0.2, 0.25) is 0 Å². The Morgan fingerprint density at radius 2 is 1.08 bits per heavy atom. The molecule has 0 fully saturated rings. The minimum absolute atomic E-state index is 0.0334. The predicted molar refractivity (Wildman–Crippen MR) is 378 cm³/mol. The van der Waals surface area contributed by atoms with Crippen molar-refractivity contribution in [2.75, 3.05) is 77.8 Å². The Bertz CT molecular complexity index is 5240. The summed E-state index contributed by atoms with van der Waals surface area (Å²) in [7, 11) is -33.3. The van der Waals surface area contributed by atoms with E-state index in [1.807, 2.05) is 13.8 Å². The number of anilines is 2. The third kappa shape index (κ3) is 20.5. The van der Waals surface area contributed by atoms with Gasteiger partial charge in [-0.3, -0.25) is 55.8 Å². The average Bonchev–Trinajstić information content (AvgIpc) is 1.54. The minimum atomic E-state index is -5.22. The van der Waals surface area contributed by atoms with Crippen molar-refractivity contribution < 1.29 is 120 Å². The summed E-state index contributed by atoms with van der Waals surface area (Å²) >= 11 is 0.